The summed E-state index contributed by atoms with van der Waals surface area (Å²) in [5, 5.41) is 1.89. The smallest absolute Gasteiger partial charge is 0.236 e. The van der Waals surface area contributed by atoms with Crippen molar-refractivity contribution in [2.75, 3.05) is 32.7 Å². The van der Waals surface area contributed by atoms with Crippen LogP contribution in [0.2, 0.25) is 5.02 Å². The van der Waals surface area contributed by atoms with Gasteiger partial charge in [-0.2, -0.15) is 4.31 Å². The molecule has 2 aliphatic rings. The molecule has 2 aromatic rings. The average molecular weight is 461 g/mol. The van der Waals surface area contributed by atoms with Crippen LogP contribution >= 0.6 is 11.6 Å². The zero-order chi connectivity index (χ0) is 21.8. The standard InChI is InChI=1S/C22H25ClN4O3S/c23-19-8-6-18(7-9-19)21-20(16-24-25-21)22(28)26-11-13-27(14-12-26)31(29,30)15-10-17-4-2-1-3-5-17/h1-10,15,20-21,24-25H,11-14,16H2/b15-10+. The first-order valence-electron chi connectivity index (χ1n) is 10.2. The number of hydrogen-bond acceptors (Lipinski definition) is 5. The zero-order valence-corrected chi connectivity index (χ0v) is 18.5. The Morgan fingerprint density at radius 1 is 1.00 bits per heavy atom. The van der Waals surface area contributed by atoms with E-state index in [1.165, 1.54) is 9.71 Å². The van der Waals surface area contributed by atoms with Gasteiger partial charge in [0.2, 0.25) is 15.9 Å². The van der Waals surface area contributed by atoms with Crippen LogP contribution in [0.5, 0.6) is 0 Å². The van der Waals surface area contributed by atoms with Crippen molar-refractivity contribution < 1.29 is 13.2 Å². The molecule has 2 atom stereocenters. The van der Waals surface area contributed by atoms with Gasteiger partial charge in [0.15, 0.2) is 0 Å². The fourth-order valence-electron chi connectivity index (χ4n) is 3.93. The van der Waals surface area contributed by atoms with Crippen molar-refractivity contribution in [2.24, 2.45) is 5.92 Å². The predicted molar refractivity (Wildman–Crippen MR) is 121 cm³/mol. The van der Waals surface area contributed by atoms with Crippen molar-refractivity contribution in [2.45, 2.75) is 6.04 Å². The number of nitrogens with zero attached hydrogens (tertiary/aromatic N) is 2. The minimum Gasteiger partial charge on any atom is -0.340 e. The molecule has 0 saturated carbocycles. The van der Waals surface area contributed by atoms with Gasteiger partial charge in [-0.15, -0.1) is 0 Å². The van der Waals surface area contributed by atoms with Crippen molar-refractivity contribution >= 4 is 33.6 Å². The summed E-state index contributed by atoms with van der Waals surface area (Å²) < 4.78 is 26.8. The molecule has 2 aromatic carbocycles. The van der Waals surface area contributed by atoms with Gasteiger partial charge in [-0.25, -0.2) is 13.8 Å². The van der Waals surface area contributed by atoms with Gasteiger partial charge in [0.1, 0.15) is 0 Å². The summed E-state index contributed by atoms with van der Waals surface area (Å²) in [6.45, 7) is 1.84. The largest absolute Gasteiger partial charge is 0.340 e. The Hall–Kier alpha value is -2.23. The summed E-state index contributed by atoms with van der Waals surface area (Å²) in [6, 6.07) is 16.6. The van der Waals surface area contributed by atoms with Crippen LogP contribution in [-0.4, -0.2) is 56.3 Å². The first-order chi connectivity index (χ1) is 14.9. The van der Waals surface area contributed by atoms with E-state index in [-0.39, 0.29) is 31.0 Å². The summed E-state index contributed by atoms with van der Waals surface area (Å²) in [4.78, 5) is 14.9. The molecule has 7 nitrogen and oxygen atoms in total. The highest BCUT2D eigenvalue weighted by molar-refractivity contribution is 7.92. The van der Waals surface area contributed by atoms with Crippen LogP contribution in [0, 0.1) is 5.92 Å². The van der Waals surface area contributed by atoms with E-state index in [0.717, 1.165) is 11.1 Å². The van der Waals surface area contributed by atoms with E-state index < -0.39 is 10.0 Å². The van der Waals surface area contributed by atoms with Crippen LogP contribution in [0.3, 0.4) is 0 Å². The summed E-state index contributed by atoms with van der Waals surface area (Å²) in [5.41, 5.74) is 8.06. The van der Waals surface area contributed by atoms with Gasteiger partial charge in [-0.3, -0.25) is 10.2 Å². The highest BCUT2D eigenvalue weighted by Crippen LogP contribution is 2.28. The van der Waals surface area contributed by atoms with Crippen molar-refractivity contribution in [3.05, 3.63) is 76.2 Å². The Balaban J connectivity index is 1.37. The maximum Gasteiger partial charge on any atom is 0.236 e. The number of amides is 1. The van der Waals surface area contributed by atoms with Gasteiger partial charge in [-0.1, -0.05) is 54.1 Å². The van der Waals surface area contributed by atoms with Crippen molar-refractivity contribution in [3.63, 3.8) is 0 Å². The summed E-state index contributed by atoms with van der Waals surface area (Å²) >= 11 is 5.98. The van der Waals surface area contributed by atoms with Crippen molar-refractivity contribution in [3.8, 4) is 0 Å². The lowest BCUT2D eigenvalue weighted by atomic mass is 9.93. The Labute approximate surface area is 187 Å². The highest BCUT2D eigenvalue weighted by atomic mass is 35.5. The number of halogens is 1. The molecular weight excluding hydrogens is 436 g/mol. The molecule has 2 aliphatic heterocycles. The number of nitrogens with one attached hydrogen (secondary N) is 2. The molecule has 2 heterocycles. The molecule has 2 fully saturated rings. The van der Waals surface area contributed by atoms with Crippen molar-refractivity contribution in [1.82, 2.24) is 20.1 Å². The van der Waals surface area contributed by atoms with Crippen LogP contribution in [0.1, 0.15) is 17.2 Å². The number of benzene rings is 2. The molecule has 0 aromatic heterocycles. The quantitative estimate of drug-likeness (QED) is 0.715. The minimum atomic E-state index is -3.53. The predicted octanol–water partition coefficient (Wildman–Crippen LogP) is 2.25. The van der Waals surface area contributed by atoms with E-state index in [4.69, 9.17) is 11.6 Å². The zero-order valence-electron chi connectivity index (χ0n) is 16.9. The van der Waals surface area contributed by atoms with Gasteiger partial charge in [0, 0.05) is 43.2 Å². The van der Waals surface area contributed by atoms with E-state index in [1.54, 1.807) is 11.0 Å². The Kier molecular flexibility index (Phi) is 6.74. The fourth-order valence-corrected chi connectivity index (χ4v) is 5.22. The van der Waals surface area contributed by atoms with Gasteiger partial charge in [-0.05, 0) is 29.3 Å². The molecule has 31 heavy (non-hydrogen) atoms. The van der Waals surface area contributed by atoms with E-state index in [9.17, 15) is 13.2 Å². The highest BCUT2D eigenvalue weighted by Gasteiger charge is 2.38. The van der Waals surface area contributed by atoms with Gasteiger partial charge in [0.05, 0.1) is 12.0 Å². The number of carbonyl (C=O) groups is 1. The molecule has 4 rings (SSSR count). The topological polar surface area (TPSA) is 81.8 Å². The monoisotopic (exact) mass is 460 g/mol. The third-order valence-electron chi connectivity index (χ3n) is 5.67. The van der Waals surface area contributed by atoms with E-state index in [1.807, 2.05) is 54.6 Å². The molecule has 1 amide bonds. The fraction of sp³-hybridized carbons (Fsp3) is 0.318. The first-order valence-corrected chi connectivity index (χ1v) is 12.1. The number of carbonyl (C=O) groups excluding carboxylic acids is 1. The molecule has 9 heteroatoms. The number of rotatable bonds is 5. The molecule has 0 spiro atoms. The lowest BCUT2D eigenvalue weighted by Crippen LogP contribution is -2.52. The van der Waals surface area contributed by atoms with Gasteiger partial charge in [0.25, 0.3) is 0 Å². The number of piperazine rings is 1. The summed E-state index contributed by atoms with van der Waals surface area (Å²) in [7, 11) is -3.53. The van der Waals surface area contributed by atoms with Crippen LogP contribution in [0.25, 0.3) is 6.08 Å². The van der Waals surface area contributed by atoms with Crippen LogP contribution in [-0.2, 0) is 14.8 Å². The lowest BCUT2D eigenvalue weighted by Gasteiger charge is -2.35. The Morgan fingerprint density at radius 3 is 2.35 bits per heavy atom. The maximum absolute atomic E-state index is 13.2. The van der Waals surface area contributed by atoms with Crippen LogP contribution in [0.15, 0.2) is 60.0 Å². The average Bonchev–Trinajstić information content (AvgIpc) is 3.28. The second-order valence-corrected chi connectivity index (χ2v) is 9.90. The normalized spacial score (nSPS) is 22.8. The molecule has 0 radical (unpaired) electrons. The summed E-state index contributed by atoms with van der Waals surface area (Å²) in [5.74, 6) is -0.239. The molecule has 164 valence electrons. The molecule has 2 unspecified atom stereocenters. The van der Waals surface area contributed by atoms with E-state index in [0.29, 0.717) is 24.7 Å². The second kappa shape index (κ2) is 9.50. The maximum atomic E-state index is 13.2. The van der Waals surface area contributed by atoms with Gasteiger partial charge < -0.3 is 4.90 Å². The number of hydrazine groups is 1. The third kappa shape index (κ3) is 5.16. The lowest BCUT2D eigenvalue weighted by molar-refractivity contribution is -0.136. The molecule has 2 N–H and O–H groups in total. The van der Waals surface area contributed by atoms with Crippen LogP contribution < -0.4 is 10.9 Å². The molecule has 2 saturated heterocycles. The third-order valence-corrected chi connectivity index (χ3v) is 7.49. The minimum absolute atomic E-state index is 0.0225. The number of sulfonamides is 1. The van der Waals surface area contributed by atoms with Crippen LogP contribution in [0.4, 0.5) is 0 Å². The Morgan fingerprint density at radius 2 is 1.68 bits per heavy atom. The molecular formula is C22H25ClN4O3S. The first kappa shape index (κ1) is 22.0. The molecule has 0 aliphatic carbocycles. The Bertz CT molecular complexity index is 1040. The SMILES string of the molecule is O=C(C1CNNC1c1ccc(Cl)cc1)N1CCN(S(=O)(=O)/C=C/c2ccccc2)CC1. The van der Waals surface area contributed by atoms with Crippen molar-refractivity contribution in [1.29, 1.82) is 0 Å². The summed E-state index contributed by atoms with van der Waals surface area (Å²) in [6.07, 6.45) is 1.60. The van der Waals surface area contributed by atoms with E-state index in [2.05, 4.69) is 10.9 Å². The number of hydrogen-bond donors (Lipinski definition) is 2. The molecule has 0 bridgehead atoms. The van der Waals surface area contributed by atoms with E-state index >= 15 is 0 Å². The second-order valence-electron chi connectivity index (χ2n) is 7.64. The van der Waals surface area contributed by atoms with Gasteiger partial charge >= 0.3 is 0 Å².